The van der Waals surface area contributed by atoms with Gasteiger partial charge in [0.15, 0.2) is 6.61 Å². The van der Waals surface area contributed by atoms with Gasteiger partial charge in [-0.05, 0) is 37.3 Å². The number of rotatable bonds is 3. The minimum absolute atomic E-state index is 0.0436. The van der Waals surface area contributed by atoms with E-state index in [0.717, 1.165) is 11.9 Å². The maximum absolute atomic E-state index is 12.6. The van der Waals surface area contributed by atoms with E-state index in [0.29, 0.717) is 28.9 Å². The summed E-state index contributed by atoms with van der Waals surface area (Å²) in [4.78, 5) is 17.9. The number of benzene rings is 2. The molecule has 0 radical (unpaired) electrons. The Morgan fingerprint density at radius 1 is 1.23 bits per heavy atom. The van der Waals surface area contributed by atoms with Crippen LogP contribution in [-0.4, -0.2) is 28.9 Å². The molecule has 0 aliphatic carbocycles. The van der Waals surface area contributed by atoms with E-state index in [-0.39, 0.29) is 12.5 Å². The van der Waals surface area contributed by atoms with Gasteiger partial charge in [-0.1, -0.05) is 34.8 Å². The molecule has 0 bridgehead atoms. The molecule has 1 amide bonds. The highest BCUT2D eigenvalue weighted by Crippen LogP contribution is 2.30. The number of nitrogens with zero attached hydrogens (tertiary/aromatic N) is 1. The van der Waals surface area contributed by atoms with Crippen LogP contribution in [0.1, 0.15) is 16.8 Å². The lowest BCUT2D eigenvalue weighted by Gasteiger charge is -2.27. The number of nitrogens with one attached hydrogen (secondary N) is 1. The molecular weight excluding hydrogens is 371 g/mol. The fourth-order valence-corrected chi connectivity index (χ4v) is 3.83. The summed E-state index contributed by atoms with van der Waals surface area (Å²) < 4.78 is 5.59. The number of amides is 1. The summed E-state index contributed by atoms with van der Waals surface area (Å²) in [5.74, 6) is 0.411. The first-order valence-electron chi connectivity index (χ1n) is 8.47. The lowest BCUT2D eigenvalue weighted by molar-refractivity contribution is -0.134. The van der Waals surface area contributed by atoms with E-state index in [2.05, 4.69) is 30.1 Å². The van der Waals surface area contributed by atoms with Crippen LogP contribution in [-0.2, 0) is 17.8 Å². The second kappa shape index (κ2) is 6.86. The fraction of sp³-hybridized carbons (Fsp3) is 0.250. The molecule has 1 N–H and O–H groups in total. The summed E-state index contributed by atoms with van der Waals surface area (Å²) >= 11 is 12.0. The smallest absolute Gasteiger partial charge is 0.260 e. The molecule has 4 nitrogen and oxygen atoms in total. The molecule has 134 valence electrons. The van der Waals surface area contributed by atoms with Gasteiger partial charge >= 0.3 is 0 Å². The monoisotopic (exact) mass is 388 g/mol. The number of ether oxygens (including phenoxy) is 1. The van der Waals surface area contributed by atoms with E-state index in [1.54, 1.807) is 18.2 Å². The Balaban J connectivity index is 1.48. The largest absolute Gasteiger partial charge is 0.482 e. The van der Waals surface area contributed by atoms with E-state index in [1.165, 1.54) is 22.2 Å². The quantitative estimate of drug-likeness (QED) is 0.703. The molecule has 6 heteroatoms. The molecule has 3 aromatic rings. The molecular formula is C20H18Cl2N2O2. The lowest BCUT2D eigenvalue weighted by atomic mass is 10.0. The number of carbonyl (C=O) groups excluding carboxylic acids is 1. The maximum atomic E-state index is 12.6. The third kappa shape index (κ3) is 3.27. The second-order valence-corrected chi connectivity index (χ2v) is 7.40. The number of halogens is 2. The normalized spacial score (nSPS) is 13.7. The average Bonchev–Trinajstić information content (AvgIpc) is 2.98. The fourth-order valence-electron chi connectivity index (χ4n) is 3.36. The van der Waals surface area contributed by atoms with Crippen LogP contribution < -0.4 is 4.74 Å². The first-order valence-corrected chi connectivity index (χ1v) is 9.22. The molecule has 0 atom stereocenters. The average molecular weight is 389 g/mol. The van der Waals surface area contributed by atoms with E-state index >= 15 is 0 Å². The maximum Gasteiger partial charge on any atom is 0.260 e. The molecule has 26 heavy (non-hydrogen) atoms. The lowest BCUT2D eigenvalue weighted by Crippen LogP contribution is -2.38. The van der Waals surface area contributed by atoms with Crippen molar-refractivity contribution in [1.29, 1.82) is 0 Å². The predicted octanol–water partition coefficient (Wildman–Crippen LogP) is 4.75. The van der Waals surface area contributed by atoms with Gasteiger partial charge in [-0.3, -0.25) is 4.79 Å². The number of hydrogen-bond donors (Lipinski definition) is 1. The van der Waals surface area contributed by atoms with Crippen LogP contribution in [0.15, 0.2) is 36.4 Å². The van der Waals surface area contributed by atoms with Crippen molar-refractivity contribution in [3.63, 3.8) is 0 Å². The van der Waals surface area contributed by atoms with Crippen molar-refractivity contribution < 1.29 is 9.53 Å². The van der Waals surface area contributed by atoms with Gasteiger partial charge in [0.1, 0.15) is 5.75 Å². The van der Waals surface area contributed by atoms with Gasteiger partial charge in [0.2, 0.25) is 0 Å². The minimum Gasteiger partial charge on any atom is -0.482 e. The van der Waals surface area contributed by atoms with Gasteiger partial charge in [0.05, 0.1) is 5.02 Å². The van der Waals surface area contributed by atoms with Crippen molar-refractivity contribution in [3.05, 3.63) is 63.3 Å². The standard InChI is InChI=1S/C20H18Cl2N2O2/c1-12-2-4-17-14(8-12)15-10-24(7-6-18(15)23-17)20(25)11-26-19-5-3-13(21)9-16(19)22/h2-5,8-9,23H,6-7,10-11H2,1H3. The number of aromatic nitrogens is 1. The summed E-state index contributed by atoms with van der Waals surface area (Å²) in [6, 6.07) is 11.3. The third-order valence-corrected chi connectivity index (χ3v) is 5.26. The Bertz CT molecular complexity index is 997. The Hall–Kier alpha value is -2.17. The summed E-state index contributed by atoms with van der Waals surface area (Å²) in [5.41, 5.74) is 4.76. The van der Waals surface area contributed by atoms with Crippen molar-refractivity contribution >= 4 is 40.0 Å². The van der Waals surface area contributed by atoms with Crippen LogP contribution in [0.5, 0.6) is 5.75 Å². The molecule has 0 unspecified atom stereocenters. The number of carbonyl (C=O) groups is 1. The third-order valence-electron chi connectivity index (χ3n) is 4.73. The van der Waals surface area contributed by atoms with Crippen LogP contribution in [0.3, 0.4) is 0 Å². The molecule has 0 fully saturated rings. The van der Waals surface area contributed by atoms with Crippen LogP contribution in [0, 0.1) is 6.92 Å². The zero-order chi connectivity index (χ0) is 18.3. The van der Waals surface area contributed by atoms with Crippen LogP contribution >= 0.6 is 23.2 Å². The highest BCUT2D eigenvalue weighted by Gasteiger charge is 2.24. The highest BCUT2D eigenvalue weighted by atomic mass is 35.5. The first-order chi connectivity index (χ1) is 12.5. The van der Waals surface area contributed by atoms with Crippen LogP contribution in [0.4, 0.5) is 0 Å². The van der Waals surface area contributed by atoms with Gasteiger partial charge in [-0.25, -0.2) is 0 Å². The van der Waals surface area contributed by atoms with E-state index in [9.17, 15) is 4.79 Å². The molecule has 0 saturated carbocycles. The minimum atomic E-state index is -0.0522. The van der Waals surface area contributed by atoms with Crippen molar-refractivity contribution in [2.45, 2.75) is 19.9 Å². The summed E-state index contributed by atoms with van der Waals surface area (Å²) in [6.45, 7) is 3.30. The zero-order valence-electron chi connectivity index (χ0n) is 14.3. The predicted molar refractivity (Wildman–Crippen MR) is 104 cm³/mol. The summed E-state index contributed by atoms with van der Waals surface area (Å²) in [6.07, 6.45) is 0.816. The second-order valence-electron chi connectivity index (χ2n) is 6.56. The van der Waals surface area contributed by atoms with E-state index in [4.69, 9.17) is 27.9 Å². The number of H-pyrrole nitrogens is 1. The van der Waals surface area contributed by atoms with Crippen LogP contribution in [0.25, 0.3) is 10.9 Å². The number of hydrogen-bond acceptors (Lipinski definition) is 2. The first kappa shape index (κ1) is 17.3. The number of fused-ring (bicyclic) bond motifs is 3. The van der Waals surface area contributed by atoms with E-state index in [1.807, 2.05) is 4.90 Å². The Kier molecular flexibility index (Phi) is 4.55. The van der Waals surface area contributed by atoms with Crippen molar-refractivity contribution in [2.24, 2.45) is 0 Å². The van der Waals surface area contributed by atoms with Gasteiger partial charge in [-0.15, -0.1) is 0 Å². The molecule has 1 aromatic heterocycles. The highest BCUT2D eigenvalue weighted by molar-refractivity contribution is 6.35. The van der Waals surface area contributed by atoms with Gasteiger partial charge in [-0.2, -0.15) is 0 Å². The molecule has 4 rings (SSSR count). The molecule has 2 heterocycles. The topological polar surface area (TPSA) is 45.3 Å². The van der Waals surface area contributed by atoms with E-state index < -0.39 is 0 Å². The van der Waals surface area contributed by atoms with Gasteiger partial charge in [0, 0.05) is 46.7 Å². The van der Waals surface area contributed by atoms with Crippen molar-refractivity contribution in [3.8, 4) is 5.75 Å². The Morgan fingerprint density at radius 3 is 2.88 bits per heavy atom. The molecule has 0 spiro atoms. The van der Waals surface area contributed by atoms with Crippen LogP contribution in [0.2, 0.25) is 10.0 Å². The number of aryl methyl sites for hydroxylation is 1. The Morgan fingerprint density at radius 2 is 2.08 bits per heavy atom. The zero-order valence-corrected chi connectivity index (χ0v) is 15.8. The Labute approximate surface area is 161 Å². The van der Waals surface area contributed by atoms with Crippen molar-refractivity contribution in [1.82, 2.24) is 9.88 Å². The SMILES string of the molecule is Cc1ccc2[nH]c3c(c2c1)CN(C(=O)COc1ccc(Cl)cc1Cl)CC3. The molecule has 1 aliphatic heterocycles. The number of aromatic amines is 1. The van der Waals surface area contributed by atoms with Gasteiger partial charge < -0.3 is 14.6 Å². The van der Waals surface area contributed by atoms with Gasteiger partial charge in [0.25, 0.3) is 5.91 Å². The molecule has 1 aliphatic rings. The molecule has 0 saturated heterocycles. The summed E-state index contributed by atoms with van der Waals surface area (Å²) in [5, 5.41) is 2.13. The molecule has 2 aromatic carbocycles. The van der Waals surface area contributed by atoms with Crippen molar-refractivity contribution in [2.75, 3.05) is 13.2 Å². The summed E-state index contributed by atoms with van der Waals surface area (Å²) in [7, 11) is 0.